The fourth-order valence-electron chi connectivity index (χ4n) is 2.80. The van der Waals surface area contributed by atoms with Crippen molar-refractivity contribution in [3.05, 3.63) is 11.7 Å². The summed E-state index contributed by atoms with van der Waals surface area (Å²) in [5.74, 6) is 2.11. The van der Waals surface area contributed by atoms with Crippen LogP contribution >= 0.6 is 0 Å². The molecule has 3 unspecified atom stereocenters. The highest BCUT2D eigenvalue weighted by atomic mass is 16.5. The van der Waals surface area contributed by atoms with E-state index in [-0.39, 0.29) is 12.0 Å². The molecule has 5 nitrogen and oxygen atoms in total. The molecule has 2 fully saturated rings. The maximum atomic E-state index is 6.05. The molecule has 1 aromatic rings. The van der Waals surface area contributed by atoms with Gasteiger partial charge < -0.3 is 15.0 Å². The van der Waals surface area contributed by atoms with Gasteiger partial charge in [-0.2, -0.15) is 4.98 Å². The quantitative estimate of drug-likeness (QED) is 0.844. The minimum atomic E-state index is 0.186. The van der Waals surface area contributed by atoms with E-state index in [0.29, 0.717) is 5.92 Å². The normalized spacial score (nSPS) is 34.1. The Morgan fingerprint density at radius 3 is 2.82 bits per heavy atom. The van der Waals surface area contributed by atoms with E-state index in [1.807, 2.05) is 0 Å². The molecular weight excluding hydrogens is 218 g/mol. The second kappa shape index (κ2) is 4.74. The third-order valence-corrected chi connectivity index (χ3v) is 3.87. The zero-order valence-electron chi connectivity index (χ0n) is 9.97. The molecule has 17 heavy (non-hydrogen) atoms. The molecule has 2 aliphatic rings. The maximum absolute atomic E-state index is 6.05. The number of ether oxygens (including phenoxy) is 1. The number of nitrogens with zero attached hydrogens (tertiary/aromatic N) is 2. The summed E-state index contributed by atoms with van der Waals surface area (Å²) in [6, 6.07) is 0.186. The summed E-state index contributed by atoms with van der Waals surface area (Å²) in [4.78, 5) is 4.53. The smallest absolute Gasteiger partial charge is 0.231 e. The standard InChI is InChI=1S/C12H19N3O2/c13-10-5-1-4-9(10)12-14-11(15-17-12)8-3-2-6-16-7-8/h8-10H,1-7,13H2. The molecule has 0 bridgehead atoms. The Hall–Kier alpha value is -0.940. The van der Waals surface area contributed by atoms with E-state index < -0.39 is 0 Å². The van der Waals surface area contributed by atoms with Crippen LogP contribution in [0.4, 0.5) is 0 Å². The Kier molecular flexibility index (Phi) is 3.11. The first kappa shape index (κ1) is 11.2. The molecule has 1 aliphatic carbocycles. The van der Waals surface area contributed by atoms with Gasteiger partial charge in [0.2, 0.25) is 5.89 Å². The Bertz CT molecular complexity index is 374. The van der Waals surface area contributed by atoms with Gasteiger partial charge in [-0.15, -0.1) is 0 Å². The number of aromatic nitrogens is 2. The van der Waals surface area contributed by atoms with E-state index in [1.54, 1.807) is 0 Å². The van der Waals surface area contributed by atoms with Gasteiger partial charge in [-0.1, -0.05) is 11.6 Å². The molecule has 0 amide bonds. The number of rotatable bonds is 2. The van der Waals surface area contributed by atoms with E-state index in [9.17, 15) is 0 Å². The lowest BCUT2D eigenvalue weighted by atomic mass is 10.0. The maximum Gasteiger partial charge on any atom is 0.231 e. The van der Waals surface area contributed by atoms with Gasteiger partial charge in [0.15, 0.2) is 5.82 Å². The van der Waals surface area contributed by atoms with Crippen molar-refractivity contribution in [3.63, 3.8) is 0 Å². The topological polar surface area (TPSA) is 74.2 Å². The molecule has 0 radical (unpaired) electrons. The monoisotopic (exact) mass is 237 g/mol. The lowest BCUT2D eigenvalue weighted by Gasteiger charge is -2.18. The fourth-order valence-corrected chi connectivity index (χ4v) is 2.80. The first-order chi connectivity index (χ1) is 8.34. The summed E-state index contributed by atoms with van der Waals surface area (Å²) in [5.41, 5.74) is 6.05. The van der Waals surface area contributed by atoms with E-state index in [2.05, 4.69) is 10.1 Å². The minimum absolute atomic E-state index is 0.186. The van der Waals surface area contributed by atoms with Crippen molar-refractivity contribution >= 4 is 0 Å². The summed E-state index contributed by atoms with van der Waals surface area (Å²) in [7, 11) is 0. The third-order valence-electron chi connectivity index (χ3n) is 3.87. The van der Waals surface area contributed by atoms with Crippen LogP contribution < -0.4 is 5.73 Å². The van der Waals surface area contributed by atoms with Crippen LogP contribution in [0, 0.1) is 0 Å². The third kappa shape index (κ3) is 2.21. The number of nitrogens with two attached hydrogens (primary N) is 1. The van der Waals surface area contributed by atoms with Crippen molar-refractivity contribution in [2.24, 2.45) is 5.73 Å². The summed E-state index contributed by atoms with van der Waals surface area (Å²) in [5, 5.41) is 4.10. The molecule has 0 aromatic carbocycles. The zero-order valence-corrected chi connectivity index (χ0v) is 9.97. The van der Waals surface area contributed by atoms with Crippen LogP contribution in [0.3, 0.4) is 0 Å². The van der Waals surface area contributed by atoms with E-state index in [1.165, 1.54) is 0 Å². The predicted octanol–water partition coefficient (Wildman–Crippen LogP) is 1.56. The summed E-state index contributed by atoms with van der Waals surface area (Å²) in [6.07, 6.45) is 5.47. The van der Waals surface area contributed by atoms with Gasteiger partial charge in [0.25, 0.3) is 0 Å². The Morgan fingerprint density at radius 1 is 1.18 bits per heavy atom. The molecule has 3 rings (SSSR count). The van der Waals surface area contributed by atoms with Gasteiger partial charge in [-0.25, -0.2) is 0 Å². The van der Waals surface area contributed by atoms with Crippen LogP contribution in [0.25, 0.3) is 0 Å². The van der Waals surface area contributed by atoms with Crippen LogP contribution in [0.15, 0.2) is 4.52 Å². The summed E-state index contributed by atoms with van der Waals surface area (Å²) < 4.78 is 10.8. The molecule has 1 aliphatic heterocycles. The zero-order chi connectivity index (χ0) is 11.7. The molecule has 1 aromatic heterocycles. The number of hydrogen-bond donors (Lipinski definition) is 1. The van der Waals surface area contributed by atoms with Crippen LogP contribution in [0.2, 0.25) is 0 Å². The SMILES string of the molecule is NC1CCCC1c1nc(C2CCCOC2)no1. The van der Waals surface area contributed by atoms with E-state index in [4.69, 9.17) is 15.0 Å². The van der Waals surface area contributed by atoms with Crippen molar-refractivity contribution in [1.82, 2.24) is 10.1 Å². The summed E-state index contributed by atoms with van der Waals surface area (Å²) >= 11 is 0. The van der Waals surface area contributed by atoms with E-state index in [0.717, 1.165) is 57.0 Å². The second-order valence-electron chi connectivity index (χ2n) is 5.11. The Balaban J connectivity index is 1.73. The van der Waals surface area contributed by atoms with Crippen molar-refractivity contribution in [1.29, 1.82) is 0 Å². The minimum Gasteiger partial charge on any atom is -0.381 e. The largest absolute Gasteiger partial charge is 0.381 e. The Labute approximate surface area is 101 Å². The van der Waals surface area contributed by atoms with Gasteiger partial charge in [0, 0.05) is 18.6 Å². The predicted molar refractivity (Wildman–Crippen MR) is 61.7 cm³/mol. The van der Waals surface area contributed by atoms with Crippen LogP contribution in [-0.4, -0.2) is 29.4 Å². The molecule has 94 valence electrons. The van der Waals surface area contributed by atoms with Gasteiger partial charge in [-0.05, 0) is 25.7 Å². The summed E-state index contributed by atoms with van der Waals surface area (Å²) in [6.45, 7) is 1.57. The molecule has 2 N–H and O–H groups in total. The van der Waals surface area contributed by atoms with Gasteiger partial charge in [0.1, 0.15) is 0 Å². The molecular formula is C12H19N3O2. The highest BCUT2D eigenvalue weighted by Crippen LogP contribution is 2.33. The highest BCUT2D eigenvalue weighted by Gasteiger charge is 2.31. The van der Waals surface area contributed by atoms with Crippen LogP contribution in [0.1, 0.15) is 55.7 Å². The van der Waals surface area contributed by atoms with Crippen LogP contribution in [-0.2, 0) is 4.74 Å². The van der Waals surface area contributed by atoms with Crippen LogP contribution in [0.5, 0.6) is 0 Å². The lowest BCUT2D eigenvalue weighted by Crippen LogP contribution is -2.23. The van der Waals surface area contributed by atoms with Crippen molar-refractivity contribution in [3.8, 4) is 0 Å². The lowest BCUT2D eigenvalue weighted by molar-refractivity contribution is 0.0773. The first-order valence-corrected chi connectivity index (χ1v) is 6.51. The number of hydrogen-bond acceptors (Lipinski definition) is 5. The molecule has 3 atom stereocenters. The van der Waals surface area contributed by atoms with Gasteiger partial charge >= 0.3 is 0 Å². The Morgan fingerprint density at radius 2 is 2.12 bits per heavy atom. The van der Waals surface area contributed by atoms with Crippen molar-refractivity contribution in [2.75, 3.05) is 13.2 Å². The van der Waals surface area contributed by atoms with Crippen molar-refractivity contribution in [2.45, 2.75) is 50.0 Å². The highest BCUT2D eigenvalue weighted by molar-refractivity contribution is 5.04. The molecule has 5 heteroatoms. The molecule has 1 saturated carbocycles. The molecule has 1 saturated heterocycles. The molecule has 2 heterocycles. The first-order valence-electron chi connectivity index (χ1n) is 6.51. The average Bonchev–Trinajstić information content (AvgIpc) is 2.98. The van der Waals surface area contributed by atoms with E-state index >= 15 is 0 Å². The van der Waals surface area contributed by atoms with Gasteiger partial charge in [-0.3, -0.25) is 0 Å². The fraction of sp³-hybridized carbons (Fsp3) is 0.833. The average molecular weight is 237 g/mol. The molecule has 0 spiro atoms. The van der Waals surface area contributed by atoms with Crippen molar-refractivity contribution < 1.29 is 9.26 Å². The second-order valence-corrected chi connectivity index (χ2v) is 5.11. The van der Waals surface area contributed by atoms with Gasteiger partial charge in [0.05, 0.1) is 12.5 Å².